The summed E-state index contributed by atoms with van der Waals surface area (Å²) < 4.78 is 46.8. The Bertz CT molecular complexity index is 2020. The van der Waals surface area contributed by atoms with Crippen LogP contribution in [-0.4, -0.2) is 87.6 Å². The van der Waals surface area contributed by atoms with Crippen LogP contribution < -0.4 is 10.6 Å². The van der Waals surface area contributed by atoms with E-state index in [0.717, 1.165) is 27.8 Å². The predicted molar refractivity (Wildman–Crippen MR) is 193 cm³/mol. The van der Waals surface area contributed by atoms with Gasteiger partial charge in [-0.15, -0.1) is 0 Å². The Morgan fingerprint density at radius 2 is 0.980 bits per heavy atom. The van der Waals surface area contributed by atoms with Gasteiger partial charge < -0.3 is 10.6 Å². The first-order chi connectivity index (χ1) is 23.4. The van der Waals surface area contributed by atoms with Crippen molar-refractivity contribution < 1.29 is 26.4 Å². The van der Waals surface area contributed by atoms with E-state index in [1.165, 1.54) is 0 Å². The van der Waals surface area contributed by atoms with E-state index in [2.05, 4.69) is 20.4 Å². The maximum Gasteiger partial charge on any atom is 0.255 e. The molecule has 0 bridgehead atoms. The van der Waals surface area contributed by atoms with E-state index in [1.54, 1.807) is 24.3 Å². The minimum absolute atomic E-state index is 0.182. The molecule has 4 aromatic rings. The molecule has 2 saturated heterocycles. The first kappa shape index (κ1) is 34.5. The van der Waals surface area contributed by atoms with Crippen molar-refractivity contribution in [1.82, 2.24) is 9.80 Å². The number of anilines is 2. The molecule has 12 heteroatoms. The topological polar surface area (TPSA) is 133 Å². The number of nitrogens with zero attached hydrogens (tertiary/aromatic N) is 2. The van der Waals surface area contributed by atoms with E-state index in [-0.39, 0.29) is 34.8 Å². The first-order valence-electron chi connectivity index (χ1n) is 16.3. The van der Waals surface area contributed by atoms with Crippen molar-refractivity contribution in [2.45, 2.75) is 20.0 Å². The lowest BCUT2D eigenvalue weighted by atomic mass is 9.98. The number of rotatable bonds is 9. The van der Waals surface area contributed by atoms with Crippen LogP contribution in [0.3, 0.4) is 0 Å². The zero-order valence-electron chi connectivity index (χ0n) is 27.4. The lowest BCUT2D eigenvalue weighted by Gasteiger charge is -2.26. The number of carbonyl (C=O) groups excluding carboxylic acids is 2. The predicted octanol–water partition coefficient (Wildman–Crippen LogP) is 4.63. The van der Waals surface area contributed by atoms with Gasteiger partial charge in [-0.05, 0) is 83.3 Å². The number of benzene rings is 4. The number of nitrogens with one attached hydrogen (secondary N) is 2. The zero-order chi connectivity index (χ0) is 34.6. The van der Waals surface area contributed by atoms with Crippen LogP contribution in [0.25, 0.3) is 11.1 Å². The smallest absolute Gasteiger partial charge is 0.255 e. The summed E-state index contributed by atoms with van der Waals surface area (Å²) in [5.74, 6) is 0.289. The minimum Gasteiger partial charge on any atom is -0.322 e. The summed E-state index contributed by atoms with van der Waals surface area (Å²) in [7, 11) is -5.84. The standard InChI is InChI=1S/C37H40N4O6S2/c1-27-2-13-34(39-37(43)31-7-3-28(4-8-31)25-40-16-20-48(44,45)21-17-40)24-35(27)30-9-11-32(12-10-30)36(42)38-33-14-5-29(6-15-33)26-41-18-22-49(46,47)23-19-41/h2-15,24H,16-23,25-26H2,1H3,(H,38,42)(H,39,43). The van der Waals surface area contributed by atoms with Gasteiger partial charge in [-0.25, -0.2) is 16.8 Å². The van der Waals surface area contributed by atoms with Crippen LogP contribution in [0.4, 0.5) is 11.4 Å². The largest absolute Gasteiger partial charge is 0.322 e. The molecule has 0 saturated carbocycles. The van der Waals surface area contributed by atoms with Crippen molar-refractivity contribution in [3.05, 3.63) is 119 Å². The molecule has 0 unspecified atom stereocenters. The third-order valence-corrected chi connectivity index (χ3v) is 12.3. The van der Waals surface area contributed by atoms with Crippen LogP contribution in [-0.2, 0) is 32.8 Å². The van der Waals surface area contributed by atoms with Crippen molar-refractivity contribution in [3.63, 3.8) is 0 Å². The molecule has 0 atom stereocenters. The molecule has 0 spiro atoms. The summed E-state index contributed by atoms with van der Waals surface area (Å²) in [4.78, 5) is 30.3. The normalized spacial score (nSPS) is 17.7. The SMILES string of the molecule is Cc1ccc(NC(=O)c2ccc(CN3CCS(=O)(=O)CC3)cc2)cc1-c1ccc(C(=O)Nc2ccc(CN3CCS(=O)(=O)CC3)cc2)cc1. The van der Waals surface area contributed by atoms with Gasteiger partial charge in [0.2, 0.25) is 0 Å². The third-order valence-electron chi connectivity index (χ3n) is 9.07. The van der Waals surface area contributed by atoms with Crippen LogP contribution in [0.1, 0.15) is 37.4 Å². The molecular formula is C37H40N4O6S2. The highest BCUT2D eigenvalue weighted by Gasteiger charge is 2.22. The molecule has 2 heterocycles. The summed E-state index contributed by atoms with van der Waals surface area (Å²) >= 11 is 0. The second-order valence-corrected chi connectivity index (χ2v) is 17.4. The molecule has 49 heavy (non-hydrogen) atoms. The Morgan fingerprint density at radius 3 is 1.47 bits per heavy atom. The van der Waals surface area contributed by atoms with Gasteiger partial charge in [-0.1, -0.05) is 42.5 Å². The van der Waals surface area contributed by atoms with Crippen molar-refractivity contribution in [2.75, 3.05) is 59.8 Å². The van der Waals surface area contributed by atoms with Crippen LogP contribution in [0, 0.1) is 6.92 Å². The zero-order valence-corrected chi connectivity index (χ0v) is 29.0. The van der Waals surface area contributed by atoms with E-state index in [9.17, 15) is 26.4 Å². The van der Waals surface area contributed by atoms with Crippen molar-refractivity contribution >= 4 is 42.9 Å². The molecule has 2 N–H and O–H groups in total. The lowest BCUT2D eigenvalue weighted by molar-refractivity contribution is 0.101. The van der Waals surface area contributed by atoms with Gasteiger partial charge in [0.1, 0.15) is 0 Å². The molecule has 2 aliphatic rings. The Hall–Kier alpha value is -4.36. The first-order valence-corrected chi connectivity index (χ1v) is 19.9. The van der Waals surface area contributed by atoms with Crippen molar-refractivity contribution in [3.8, 4) is 11.1 Å². The van der Waals surface area contributed by atoms with Gasteiger partial charge in [-0.2, -0.15) is 0 Å². The fourth-order valence-electron chi connectivity index (χ4n) is 6.01. The number of amides is 2. The quantitative estimate of drug-likeness (QED) is 0.259. The second-order valence-electron chi connectivity index (χ2n) is 12.8. The third kappa shape index (κ3) is 9.21. The van der Waals surface area contributed by atoms with Gasteiger partial charge in [0.15, 0.2) is 19.7 Å². The van der Waals surface area contributed by atoms with Gasteiger partial charge >= 0.3 is 0 Å². The number of sulfone groups is 2. The van der Waals surface area contributed by atoms with E-state index < -0.39 is 19.7 Å². The van der Waals surface area contributed by atoms with Gasteiger partial charge in [0, 0.05) is 61.8 Å². The Morgan fingerprint density at radius 1 is 0.571 bits per heavy atom. The Balaban J connectivity index is 1.03. The van der Waals surface area contributed by atoms with Gasteiger partial charge in [-0.3, -0.25) is 19.4 Å². The summed E-state index contributed by atoms with van der Waals surface area (Å²) in [5, 5.41) is 5.93. The summed E-state index contributed by atoms with van der Waals surface area (Å²) in [6.07, 6.45) is 0. The second kappa shape index (κ2) is 14.6. The maximum absolute atomic E-state index is 13.1. The number of hydrogen-bond acceptors (Lipinski definition) is 8. The molecule has 2 fully saturated rings. The highest BCUT2D eigenvalue weighted by molar-refractivity contribution is 7.91. The Labute approximate surface area is 288 Å². The number of hydrogen-bond donors (Lipinski definition) is 2. The van der Waals surface area contributed by atoms with E-state index in [4.69, 9.17) is 0 Å². The van der Waals surface area contributed by atoms with Crippen LogP contribution in [0.2, 0.25) is 0 Å². The van der Waals surface area contributed by atoms with Gasteiger partial charge in [0.25, 0.3) is 11.8 Å². The fraction of sp³-hybridized carbons (Fsp3) is 0.297. The fourth-order valence-corrected chi connectivity index (χ4v) is 8.56. The number of aryl methyl sites for hydroxylation is 1. The minimum atomic E-state index is -2.92. The highest BCUT2D eigenvalue weighted by Crippen LogP contribution is 2.28. The molecule has 0 aliphatic carbocycles. The van der Waals surface area contributed by atoms with E-state index >= 15 is 0 Å². The maximum atomic E-state index is 13.1. The molecule has 10 nitrogen and oxygen atoms in total. The van der Waals surface area contributed by atoms with Crippen LogP contribution in [0.15, 0.2) is 91.0 Å². The molecule has 0 aromatic heterocycles. The number of carbonyl (C=O) groups is 2. The molecular weight excluding hydrogens is 661 g/mol. The average Bonchev–Trinajstić information content (AvgIpc) is 3.09. The summed E-state index contributed by atoms with van der Waals surface area (Å²) in [6, 6.07) is 28.0. The molecule has 6 rings (SSSR count). The van der Waals surface area contributed by atoms with Crippen molar-refractivity contribution in [1.29, 1.82) is 0 Å². The monoisotopic (exact) mass is 700 g/mol. The van der Waals surface area contributed by atoms with Crippen LogP contribution in [0.5, 0.6) is 0 Å². The van der Waals surface area contributed by atoms with E-state index in [0.29, 0.717) is 61.8 Å². The molecule has 2 amide bonds. The Kier molecular flexibility index (Phi) is 10.3. The lowest BCUT2D eigenvalue weighted by Crippen LogP contribution is -2.39. The average molecular weight is 701 g/mol. The molecule has 4 aromatic carbocycles. The van der Waals surface area contributed by atoms with Crippen molar-refractivity contribution in [2.24, 2.45) is 0 Å². The van der Waals surface area contributed by atoms with Crippen LogP contribution >= 0.6 is 0 Å². The summed E-state index contributed by atoms with van der Waals surface area (Å²) in [5.41, 5.74) is 7.31. The molecule has 256 valence electrons. The molecule has 0 radical (unpaired) electrons. The highest BCUT2D eigenvalue weighted by atomic mass is 32.2. The van der Waals surface area contributed by atoms with E-state index in [1.807, 2.05) is 73.7 Å². The summed E-state index contributed by atoms with van der Waals surface area (Å²) in [6.45, 7) is 5.40. The molecule has 2 aliphatic heterocycles. The van der Waals surface area contributed by atoms with Gasteiger partial charge in [0.05, 0.1) is 23.0 Å².